The first-order valence-electron chi connectivity index (χ1n) is 10.4. The van der Waals surface area contributed by atoms with Crippen molar-refractivity contribution in [3.63, 3.8) is 0 Å². The Bertz CT molecular complexity index is 1340. The van der Waals surface area contributed by atoms with Gasteiger partial charge in [0.1, 0.15) is 12.1 Å². The molecule has 5 rings (SSSR count). The van der Waals surface area contributed by atoms with Gasteiger partial charge >= 0.3 is 0 Å². The zero-order chi connectivity index (χ0) is 21.2. The van der Waals surface area contributed by atoms with E-state index < -0.39 is 0 Å². The average molecular weight is 406 g/mol. The van der Waals surface area contributed by atoms with Crippen LogP contribution in [0.3, 0.4) is 0 Å². The summed E-state index contributed by atoms with van der Waals surface area (Å²) in [5.41, 5.74) is 6.77. The zero-order valence-corrected chi connectivity index (χ0v) is 17.5. The van der Waals surface area contributed by atoms with Crippen LogP contribution in [-0.2, 0) is 0 Å². The van der Waals surface area contributed by atoms with Gasteiger partial charge in [0.15, 0.2) is 0 Å². The molecule has 1 atom stereocenters. The van der Waals surface area contributed by atoms with E-state index in [4.69, 9.17) is 4.98 Å². The van der Waals surface area contributed by atoms with Crippen molar-refractivity contribution in [3.05, 3.63) is 103 Å². The van der Waals surface area contributed by atoms with Gasteiger partial charge in [0.05, 0.1) is 17.1 Å². The molecule has 152 valence electrons. The Morgan fingerprint density at radius 2 is 1.68 bits per heavy atom. The van der Waals surface area contributed by atoms with Crippen LogP contribution in [0.5, 0.6) is 0 Å². The first-order chi connectivity index (χ1) is 15.2. The summed E-state index contributed by atoms with van der Waals surface area (Å²) >= 11 is 0. The summed E-state index contributed by atoms with van der Waals surface area (Å²) in [6.45, 7) is 4.24. The summed E-state index contributed by atoms with van der Waals surface area (Å²) in [5, 5.41) is 3.40. The minimum atomic E-state index is 0.101. The lowest BCUT2D eigenvalue weighted by atomic mass is 10.0. The second-order valence-electron chi connectivity index (χ2n) is 7.65. The highest BCUT2D eigenvalue weighted by Crippen LogP contribution is 2.28. The molecule has 0 bridgehead atoms. The van der Waals surface area contributed by atoms with Gasteiger partial charge in [0.2, 0.25) is 5.95 Å². The molecular weight excluding hydrogens is 382 g/mol. The van der Waals surface area contributed by atoms with E-state index in [-0.39, 0.29) is 6.04 Å². The number of nitrogens with one attached hydrogen (secondary N) is 1. The van der Waals surface area contributed by atoms with Crippen molar-refractivity contribution in [2.24, 2.45) is 0 Å². The summed E-state index contributed by atoms with van der Waals surface area (Å²) in [7, 11) is 0. The maximum Gasteiger partial charge on any atom is 0.225 e. The zero-order valence-electron chi connectivity index (χ0n) is 17.5. The number of nitrogens with zero attached hydrogens (tertiary/aromatic N) is 4. The van der Waals surface area contributed by atoms with E-state index in [1.54, 1.807) is 6.20 Å². The second-order valence-corrected chi connectivity index (χ2v) is 7.65. The van der Waals surface area contributed by atoms with Crippen molar-refractivity contribution < 1.29 is 0 Å². The average Bonchev–Trinajstić information content (AvgIpc) is 3.23. The molecule has 5 aromatic rings. The van der Waals surface area contributed by atoms with Crippen LogP contribution in [0.4, 0.5) is 5.95 Å². The summed E-state index contributed by atoms with van der Waals surface area (Å²) in [6, 6.07) is 27.1. The van der Waals surface area contributed by atoms with E-state index in [0.29, 0.717) is 5.95 Å². The molecule has 0 aliphatic heterocycles. The van der Waals surface area contributed by atoms with Crippen LogP contribution < -0.4 is 5.32 Å². The molecule has 0 saturated heterocycles. The van der Waals surface area contributed by atoms with Crippen LogP contribution in [0.2, 0.25) is 0 Å². The molecule has 0 unspecified atom stereocenters. The molecule has 2 heterocycles. The van der Waals surface area contributed by atoms with E-state index in [0.717, 1.165) is 22.4 Å². The number of rotatable bonds is 5. The molecule has 0 amide bonds. The number of anilines is 1. The number of hydrogen-bond acceptors (Lipinski definition) is 4. The maximum atomic E-state index is 4.75. The van der Waals surface area contributed by atoms with Crippen molar-refractivity contribution >= 4 is 17.0 Å². The lowest BCUT2D eigenvalue weighted by Gasteiger charge is -2.15. The number of aryl methyl sites for hydroxylation is 1. The van der Waals surface area contributed by atoms with Crippen molar-refractivity contribution in [2.45, 2.75) is 19.9 Å². The van der Waals surface area contributed by atoms with Crippen LogP contribution in [0.15, 0.2) is 91.4 Å². The third-order valence-electron chi connectivity index (χ3n) is 5.54. The van der Waals surface area contributed by atoms with Gasteiger partial charge in [-0.15, -0.1) is 0 Å². The summed E-state index contributed by atoms with van der Waals surface area (Å²) in [4.78, 5) is 13.7. The van der Waals surface area contributed by atoms with Crippen LogP contribution in [0.25, 0.3) is 28.0 Å². The van der Waals surface area contributed by atoms with Crippen LogP contribution in [0, 0.1) is 6.92 Å². The predicted molar refractivity (Wildman–Crippen MR) is 125 cm³/mol. The van der Waals surface area contributed by atoms with Crippen LogP contribution >= 0.6 is 0 Å². The standard InChI is InChI=1S/C26H23N5/c1-18-8-6-7-11-22(18)21-12-13-23-24(16-21)31(17-28-23)25-14-15-27-26(30-25)29-19(2)20-9-4-3-5-10-20/h3-17,19H,1-2H3,(H,27,29,30)/t19-/m0/s1. The number of aromatic nitrogens is 4. The van der Waals surface area contributed by atoms with E-state index >= 15 is 0 Å². The highest BCUT2D eigenvalue weighted by atomic mass is 15.2. The number of fused-ring (bicyclic) bond motifs is 1. The van der Waals surface area contributed by atoms with Gasteiger partial charge in [-0.1, -0.05) is 60.7 Å². The van der Waals surface area contributed by atoms with Crippen molar-refractivity contribution in [3.8, 4) is 16.9 Å². The summed E-state index contributed by atoms with van der Waals surface area (Å²) in [6.07, 6.45) is 3.60. The molecule has 1 N–H and O–H groups in total. The SMILES string of the molecule is Cc1ccccc1-c1ccc2ncn(-c3ccnc(N[C@@H](C)c4ccccc4)n3)c2c1. The number of imidazole rings is 1. The topological polar surface area (TPSA) is 55.6 Å². The molecule has 0 aliphatic rings. The molecule has 0 aliphatic carbocycles. The minimum Gasteiger partial charge on any atom is -0.348 e. The molecule has 0 fully saturated rings. The molecular formula is C26H23N5. The Balaban J connectivity index is 1.50. The Kier molecular flexibility index (Phi) is 4.92. The Labute approximate surface area is 181 Å². The van der Waals surface area contributed by atoms with Gasteiger partial charge in [-0.3, -0.25) is 4.57 Å². The fourth-order valence-electron chi connectivity index (χ4n) is 3.83. The van der Waals surface area contributed by atoms with E-state index in [2.05, 4.69) is 83.7 Å². The Morgan fingerprint density at radius 3 is 2.52 bits per heavy atom. The summed E-state index contributed by atoms with van der Waals surface area (Å²) < 4.78 is 2.01. The van der Waals surface area contributed by atoms with Crippen molar-refractivity contribution in [1.29, 1.82) is 0 Å². The van der Waals surface area contributed by atoms with Gasteiger partial charge < -0.3 is 5.32 Å². The second kappa shape index (κ2) is 8.03. The van der Waals surface area contributed by atoms with Crippen LogP contribution in [-0.4, -0.2) is 19.5 Å². The Morgan fingerprint density at radius 1 is 0.871 bits per heavy atom. The minimum absolute atomic E-state index is 0.101. The highest BCUT2D eigenvalue weighted by Gasteiger charge is 2.11. The number of benzene rings is 3. The van der Waals surface area contributed by atoms with E-state index in [1.807, 2.05) is 35.2 Å². The lowest BCUT2D eigenvalue weighted by Crippen LogP contribution is -2.10. The van der Waals surface area contributed by atoms with Crippen molar-refractivity contribution in [1.82, 2.24) is 19.5 Å². The third-order valence-corrected chi connectivity index (χ3v) is 5.54. The van der Waals surface area contributed by atoms with E-state index in [9.17, 15) is 0 Å². The molecule has 5 heteroatoms. The quantitative estimate of drug-likeness (QED) is 0.392. The molecule has 2 aromatic heterocycles. The fourth-order valence-corrected chi connectivity index (χ4v) is 3.83. The maximum absolute atomic E-state index is 4.75. The highest BCUT2D eigenvalue weighted by molar-refractivity contribution is 5.84. The molecule has 31 heavy (non-hydrogen) atoms. The van der Waals surface area contributed by atoms with Gasteiger partial charge in [-0.25, -0.2) is 9.97 Å². The molecule has 0 radical (unpaired) electrons. The molecule has 0 saturated carbocycles. The summed E-state index contributed by atoms with van der Waals surface area (Å²) in [5.74, 6) is 1.37. The molecule has 5 nitrogen and oxygen atoms in total. The molecule has 0 spiro atoms. The van der Waals surface area contributed by atoms with Gasteiger partial charge in [-0.05, 0) is 54.3 Å². The van der Waals surface area contributed by atoms with Crippen molar-refractivity contribution in [2.75, 3.05) is 5.32 Å². The third kappa shape index (κ3) is 3.78. The normalized spacial score (nSPS) is 12.1. The van der Waals surface area contributed by atoms with Gasteiger partial charge in [-0.2, -0.15) is 4.98 Å². The predicted octanol–water partition coefficient (Wildman–Crippen LogP) is 5.96. The Hall–Kier alpha value is -3.99. The smallest absolute Gasteiger partial charge is 0.225 e. The van der Waals surface area contributed by atoms with E-state index in [1.165, 1.54) is 16.7 Å². The monoisotopic (exact) mass is 405 g/mol. The molecule has 3 aromatic carbocycles. The van der Waals surface area contributed by atoms with Crippen LogP contribution in [0.1, 0.15) is 24.1 Å². The first kappa shape index (κ1) is 19.0. The number of hydrogen-bond donors (Lipinski definition) is 1. The fraction of sp³-hybridized carbons (Fsp3) is 0.115. The van der Waals surface area contributed by atoms with Gasteiger partial charge in [0.25, 0.3) is 0 Å². The largest absolute Gasteiger partial charge is 0.348 e. The van der Waals surface area contributed by atoms with Gasteiger partial charge in [0, 0.05) is 6.20 Å². The lowest BCUT2D eigenvalue weighted by molar-refractivity contribution is 0.854. The first-order valence-corrected chi connectivity index (χ1v) is 10.4.